The van der Waals surface area contributed by atoms with Crippen LogP contribution in [0.4, 0.5) is 0 Å². The van der Waals surface area contributed by atoms with Gasteiger partial charge < -0.3 is 4.74 Å². The Hall–Kier alpha value is -1.39. The summed E-state index contributed by atoms with van der Waals surface area (Å²) < 4.78 is 5.17. The standard InChI is InChI=1S/C15H18ClNO3/c1-9(8-20-2)12-7-13(18)17-15(19)14(12)10-4-3-5-11(16)6-10/h3-6,9,12,14H,7-8H2,1-2H3,(H,17,18,19). The third kappa shape index (κ3) is 3.19. The lowest BCUT2D eigenvalue weighted by atomic mass is 9.74. The van der Waals surface area contributed by atoms with Crippen molar-refractivity contribution in [3.8, 4) is 0 Å². The second-order valence-electron chi connectivity index (χ2n) is 5.25. The zero-order valence-corrected chi connectivity index (χ0v) is 12.3. The maximum atomic E-state index is 12.2. The molecule has 0 bridgehead atoms. The van der Waals surface area contributed by atoms with Crippen LogP contribution >= 0.6 is 11.6 Å². The number of ether oxygens (including phenoxy) is 1. The van der Waals surface area contributed by atoms with E-state index in [4.69, 9.17) is 16.3 Å². The Balaban J connectivity index is 2.34. The zero-order valence-electron chi connectivity index (χ0n) is 11.6. The molecule has 1 heterocycles. The van der Waals surface area contributed by atoms with E-state index in [1.165, 1.54) is 0 Å². The van der Waals surface area contributed by atoms with Gasteiger partial charge in [0.1, 0.15) is 0 Å². The van der Waals surface area contributed by atoms with E-state index in [1.54, 1.807) is 19.2 Å². The van der Waals surface area contributed by atoms with Crippen LogP contribution in [0.2, 0.25) is 5.02 Å². The van der Waals surface area contributed by atoms with E-state index < -0.39 is 0 Å². The highest BCUT2D eigenvalue weighted by molar-refractivity contribution is 6.30. The van der Waals surface area contributed by atoms with Crippen LogP contribution in [-0.4, -0.2) is 25.5 Å². The first kappa shape index (κ1) is 15.0. The van der Waals surface area contributed by atoms with Crippen LogP contribution in [0.1, 0.15) is 24.8 Å². The zero-order chi connectivity index (χ0) is 14.7. The summed E-state index contributed by atoms with van der Waals surface area (Å²) in [6.45, 7) is 2.51. The summed E-state index contributed by atoms with van der Waals surface area (Å²) in [5.41, 5.74) is 0.843. The molecule has 0 aliphatic carbocycles. The molecule has 1 aromatic rings. The number of piperidine rings is 1. The molecule has 0 saturated carbocycles. The Morgan fingerprint density at radius 1 is 1.45 bits per heavy atom. The maximum absolute atomic E-state index is 12.2. The lowest BCUT2D eigenvalue weighted by Gasteiger charge is -2.34. The molecule has 1 saturated heterocycles. The minimum Gasteiger partial charge on any atom is -0.384 e. The number of hydrogen-bond donors (Lipinski definition) is 1. The highest BCUT2D eigenvalue weighted by Gasteiger charge is 2.39. The number of rotatable bonds is 4. The molecule has 0 radical (unpaired) electrons. The minimum atomic E-state index is -0.364. The number of carbonyl (C=O) groups excluding carboxylic acids is 2. The second kappa shape index (κ2) is 6.37. The lowest BCUT2D eigenvalue weighted by Crippen LogP contribution is -2.46. The van der Waals surface area contributed by atoms with Gasteiger partial charge in [0.05, 0.1) is 5.92 Å². The monoisotopic (exact) mass is 295 g/mol. The number of carbonyl (C=O) groups is 2. The fourth-order valence-electron chi connectivity index (χ4n) is 2.81. The van der Waals surface area contributed by atoms with Crippen molar-refractivity contribution < 1.29 is 14.3 Å². The van der Waals surface area contributed by atoms with E-state index >= 15 is 0 Å². The van der Waals surface area contributed by atoms with Gasteiger partial charge in [0.15, 0.2) is 0 Å². The van der Waals surface area contributed by atoms with E-state index in [2.05, 4.69) is 5.32 Å². The maximum Gasteiger partial charge on any atom is 0.234 e. The van der Waals surface area contributed by atoms with Crippen molar-refractivity contribution in [1.29, 1.82) is 0 Å². The van der Waals surface area contributed by atoms with Gasteiger partial charge in [-0.3, -0.25) is 14.9 Å². The highest BCUT2D eigenvalue weighted by atomic mass is 35.5. The Bertz CT molecular complexity index is 518. The summed E-state index contributed by atoms with van der Waals surface area (Å²) in [5, 5.41) is 3.00. The van der Waals surface area contributed by atoms with Gasteiger partial charge in [-0.25, -0.2) is 0 Å². The normalized spacial score (nSPS) is 24.4. The molecule has 0 aromatic heterocycles. The number of benzene rings is 1. The number of nitrogens with one attached hydrogen (secondary N) is 1. The average molecular weight is 296 g/mol. The predicted octanol–water partition coefficient (Wildman–Crippen LogP) is 2.37. The number of hydrogen-bond acceptors (Lipinski definition) is 3. The van der Waals surface area contributed by atoms with Gasteiger partial charge in [-0.2, -0.15) is 0 Å². The van der Waals surface area contributed by atoms with Gasteiger partial charge in [0.25, 0.3) is 0 Å². The van der Waals surface area contributed by atoms with Crippen LogP contribution in [-0.2, 0) is 14.3 Å². The summed E-state index contributed by atoms with van der Waals surface area (Å²) in [5.74, 6) is -0.803. The third-order valence-corrected chi connectivity index (χ3v) is 4.00. The Morgan fingerprint density at radius 2 is 2.20 bits per heavy atom. The Kier molecular flexibility index (Phi) is 4.78. The lowest BCUT2D eigenvalue weighted by molar-refractivity contribution is -0.137. The summed E-state index contributed by atoms with van der Waals surface area (Å²) in [6.07, 6.45) is 0.327. The van der Waals surface area contributed by atoms with Gasteiger partial charge in [-0.05, 0) is 29.5 Å². The van der Waals surface area contributed by atoms with Gasteiger partial charge in [0, 0.05) is 25.2 Å². The summed E-state index contributed by atoms with van der Waals surface area (Å²) in [6, 6.07) is 7.25. The number of methoxy groups -OCH3 is 1. The number of imide groups is 1. The molecule has 3 atom stereocenters. The smallest absolute Gasteiger partial charge is 0.234 e. The summed E-state index contributed by atoms with van der Waals surface area (Å²) in [7, 11) is 1.62. The third-order valence-electron chi connectivity index (χ3n) is 3.76. The van der Waals surface area contributed by atoms with Crippen molar-refractivity contribution in [2.45, 2.75) is 19.3 Å². The molecule has 108 valence electrons. The average Bonchev–Trinajstić information content (AvgIpc) is 2.38. The first-order chi connectivity index (χ1) is 9.52. The first-order valence-electron chi connectivity index (χ1n) is 6.61. The summed E-state index contributed by atoms with van der Waals surface area (Å²) >= 11 is 6.01. The van der Waals surface area contributed by atoms with Crippen LogP contribution in [0.5, 0.6) is 0 Å². The number of halogens is 1. The molecule has 1 aliphatic heterocycles. The molecule has 1 N–H and O–H groups in total. The van der Waals surface area contributed by atoms with Crippen molar-refractivity contribution in [1.82, 2.24) is 5.32 Å². The Morgan fingerprint density at radius 3 is 2.85 bits per heavy atom. The fourth-order valence-corrected chi connectivity index (χ4v) is 3.01. The molecular formula is C15H18ClNO3. The van der Waals surface area contributed by atoms with Crippen molar-refractivity contribution in [2.24, 2.45) is 11.8 Å². The molecule has 5 heteroatoms. The molecular weight excluding hydrogens is 278 g/mol. The van der Waals surface area contributed by atoms with Gasteiger partial charge in [-0.1, -0.05) is 30.7 Å². The summed E-state index contributed by atoms with van der Waals surface area (Å²) in [4.78, 5) is 23.9. The Labute approximate surface area is 123 Å². The highest BCUT2D eigenvalue weighted by Crippen LogP contribution is 2.36. The van der Waals surface area contributed by atoms with Gasteiger partial charge >= 0.3 is 0 Å². The molecule has 1 aromatic carbocycles. The van der Waals surface area contributed by atoms with Crippen molar-refractivity contribution in [2.75, 3.05) is 13.7 Å². The molecule has 20 heavy (non-hydrogen) atoms. The van der Waals surface area contributed by atoms with E-state index in [0.717, 1.165) is 5.56 Å². The van der Waals surface area contributed by atoms with E-state index in [-0.39, 0.29) is 29.6 Å². The van der Waals surface area contributed by atoms with Gasteiger partial charge in [-0.15, -0.1) is 0 Å². The van der Waals surface area contributed by atoms with Crippen molar-refractivity contribution in [3.05, 3.63) is 34.9 Å². The largest absolute Gasteiger partial charge is 0.384 e. The molecule has 1 fully saturated rings. The van der Waals surface area contributed by atoms with Crippen molar-refractivity contribution in [3.63, 3.8) is 0 Å². The second-order valence-corrected chi connectivity index (χ2v) is 5.68. The topological polar surface area (TPSA) is 55.4 Å². The SMILES string of the molecule is COCC(C)C1CC(=O)NC(=O)C1c1cccc(Cl)c1. The van der Waals surface area contributed by atoms with Crippen LogP contribution in [0.3, 0.4) is 0 Å². The van der Waals surface area contributed by atoms with E-state index in [9.17, 15) is 9.59 Å². The van der Waals surface area contributed by atoms with Crippen LogP contribution in [0, 0.1) is 11.8 Å². The van der Waals surface area contributed by atoms with E-state index in [0.29, 0.717) is 18.1 Å². The molecule has 4 nitrogen and oxygen atoms in total. The van der Waals surface area contributed by atoms with Crippen LogP contribution in [0.25, 0.3) is 0 Å². The van der Waals surface area contributed by atoms with Crippen molar-refractivity contribution >= 4 is 23.4 Å². The molecule has 0 spiro atoms. The fraction of sp³-hybridized carbons (Fsp3) is 0.467. The first-order valence-corrected chi connectivity index (χ1v) is 6.98. The quantitative estimate of drug-likeness (QED) is 0.868. The number of amides is 2. The van der Waals surface area contributed by atoms with E-state index in [1.807, 2.05) is 19.1 Å². The molecule has 1 aliphatic rings. The molecule has 3 unspecified atom stereocenters. The van der Waals surface area contributed by atoms with Gasteiger partial charge in [0.2, 0.25) is 11.8 Å². The predicted molar refractivity (Wildman–Crippen MR) is 76.5 cm³/mol. The minimum absolute atomic E-state index is 0.0744. The molecule has 2 rings (SSSR count). The van der Waals surface area contributed by atoms with Crippen LogP contribution < -0.4 is 5.32 Å². The molecule has 2 amide bonds. The van der Waals surface area contributed by atoms with Crippen LogP contribution in [0.15, 0.2) is 24.3 Å².